The van der Waals surface area contributed by atoms with E-state index in [1.54, 1.807) is 29.8 Å². The van der Waals surface area contributed by atoms with Crippen LogP contribution >= 0.6 is 11.8 Å². The third-order valence-electron chi connectivity index (χ3n) is 11.3. The quantitative estimate of drug-likeness (QED) is 0.135. The van der Waals surface area contributed by atoms with Crippen LogP contribution in [0, 0.1) is 35.5 Å². The summed E-state index contributed by atoms with van der Waals surface area (Å²) in [4.78, 5) is 62.9. The highest BCUT2D eigenvalue weighted by Gasteiger charge is 2.48. The second-order valence-corrected chi connectivity index (χ2v) is 17.2. The summed E-state index contributed by atoms with van der Waals surface area (Å²) in [5.74, 6) is -0.189. The Hall–Kier alpha value is -2.70. The molecule has 0 saturated carbocycles. The van der Waals surface area contributed by atoms with Gasteiger partial charge in [-0.05, 0) is 56.3 Å². The molecular weight excluding hydrogens is 703 g/mol. The number of hydrogen-bond acceptors (Lipinski definition) is 10. The molecule has 9 atom stereocenters. The Balaban J connectivity index is 1.69. The molecule has 10 nitrogen and oxygen atoms in total. The molecule has 1 saturated heterocycles. The number of aliphatic hydroxyl groups excluding tert-OH is 1. The second kappa shape index (κ2) is 22.1. The van der Waals surface area contributed by atoms with Crippen molar-refractivity contribution >= 4 is 40.1 Å². The van der Waals surface area contributed by atoms with Crippen LogP contribution in [0.5, 0.6) is 0 Å². The SMILES string of the molecule is CC[C@H](C)C(/C=C/C(=O)CCC1O[C@@H](C(=O)C[C@@H](Cc2ccccc2)C2=NCCS2)[C@@H](OC)[C@@H]1CO)N(C)C(=O)[C@@H](CC(=O)[C@H](C(C)C)N(C)C)C(C)C. The lowest BCUT2D eigenvalue weighted by Crippen LogP contribution is -2.47. The number of Topliss-reactive ketones (excluding diaryl/α,β-unsaturated/α-hetero) is 2. The molecule has 0 spiro atoms. The van der Waals surface area contributed by atoms with E-state index in [-0.39, 0.29) is 84.9 Å². The molecule has 2 heterocycles. The number of ketones is 3. The average molecular weight is 770 g/mol. The van der Waals surface area contributed by atoms with Gasteiger partial charge >= 0.3 is 0 Å². The van der Waals surface area contributed by atoms with E-state index in [1.165, 1.54) is 7.11 Å². The molecule has 2 unspecified atom stereocenters. The minimum absolute atomic E-state index is 0.0373. The minimum atomic E-state index is -0.850. The molecule has 11 heteroatoms. The van der Waals surface area contributed by atoms with E-state index in [9.17, 15) is 24.3 Å². The number of amides is 1. The molecule has 1 aromatic rings. The van der Waals surface area contributed by atoms with Crippen molar-refractivity contribution in [2.75, 3.05) is 47.2 Å². The Morgan fingerprint density at radius 2 is 1.72 bits per heavy atom. The van der Waals surface area contributed by atoms with E-state index >= 15 is 0 Å². The van der Waals surface area contributed by atoms with Gasteiger partial charge in [0.15, 0.2) is 17.3 Å². The molecule has 3 rings (SSSR count). The maximum absolute atomic E-state index is 14.0. The fourth-order valence-corrected chi connectivity index (χ4v) is 9.07. The van der Waals surface area contributed by atoms with Crippen LogP contribution < -0.4 is 0 Å². The summed E-state index contributed by atoms with van der Waals surface area (Å²) in [5, 5.41) is 11.4. The monoisotopic (exact) mass is 769 g/mol. The number of nitrogens with zero attached hydrogens (tertiary/aromatic N) is 3. The number of carbonyl (C=O) groups excluding carboxylic acids is 4. The first-order valence-electron chi connectivity index (χ1n) is 19.8. The first kappa shape index (κ1) is 45.7. The molecule has 2 aliphatic rings. The lowest BCUT2D eigenvalue weighted by atomic mass is 9.84. The van der Waals surface area contributed by atoms with Crippen LogP contribution in [0.15, 0.2) is 47.5 Å². The number of carbonyl (C=O) groups is 4. The average Bonchev–Trinajstić information content (AvgIpc) is 3.80. The van der Waals surface area contributed by atoms with Crippen molar-refractivity contribution in [3.05, 3.63) is 48.0 Å². The van der Waals surface area contributed by atoms with Crippen LogP contribution in [-0.2, 0) is 35.1 Å². The van der Waals surface area contributed by atoms with Crippen LogP contribution in [0.4, 0.5) is 0 Å². The maximum Gasteiger partial charge on any atom is 0.226 e. The summed E-state index contributed by atoms with van der Waals surface area (Å²) in [6.45, 7) is 12.6. The highest BCUT2D eigenvalue weighted by atomic mass is 32.2. The third-order valence-corrected chi connectivity index (χ3v) is 12.4. The molecule has 54 heavy (non-hydrogen) atoms. The van der Waals surface area contributed by atoms with Crippen LogP contribution in [0.1, 0.15) is 79.2 Å². The Labute approximate surface area is 328 Å². The zero-order valence-electron chi connectivity index (χ0n) is 34.4. The first-order valence-corrected chi connectivity index (χ1v) is 20.8. The Bertz CT molecular complexity index is 1420. The normalized spacial score (nSPS) is 23.1. The van der Waals surface area contributed by atoms with E-state index in [0.29, 0.717) is 12.8 Å². The highest BCUT2D eigenvalue weighted by Crippen LogP contribution is 2.35. The highest BCUT2D eigenvalue weighted by molar-refractivity contribution is 8.14. The minimum Gasteiger partial charge on any atom is -0.396 e. The maximum atomic E-state index is 14.0. The Morgan fingerprint density at radius 1 is 1.04 bits per heavy atom. The van der Waals surface area contributed by atoms with E-state index in [2.05, 4.69) is 26.0 Å². The Morgan fingerprint density at radius 3 is 2.26 bits per heavy atom. The van der Waals surface area contributed by atoms with Gasteiger partial charge in [-0.15, -0.1) is 11.8 Å². The third kappa shape index (κ3) is 12.4. The van der Waals surface area contributed by atoms with Crippen LogP contribution in [0.25, 0.3) is 0 Å². The number of allylic oxidation sites excluding steroid dienone is 1. The molecule has 302 valence electrons. The second-order valence-electron chi connectivity index (χ2n) is 16.1. The number of aliphatic hydroxyl groups is 1. The van der Waals surface area contributed by atoms with Gasteiger partial charge in [0.1, 0.15) is 6.10 Å². The van der Waals surface area contributed by atoms with Crippen LogP contribution in [0.2, 0.25) is 0 Å². The summed E-state index contributed by atoms with van der Waals surface area (Å²) < 4.78 is 12.1. The fourth-order valence-electron chi connectivity index (χ4n) is 8.09. The van der Waals surface area contributed by atoms with Crippen molar-refractivity contribution in [3.8, 4) is 0 Å². The lowest BCUT2D eigenvalue weighted by Gasteiger charge is -2.35. The summed E-state index contributed by atoms with van der Waals surface area (Å²) in [6.07, 6.45) is 3.71. The summed E-state index contributed by atoms with van der Waals surface area (Å²) in [5.41, 5.74) is 1.14. The molecule has 0 aromatic heterocycles. The summed E-state index contributed by atoms with van der Waals surface area (Å²) in [6, 6.07) is 9.49. The molecule has 1 fully saturated rings. The largest absolute Gasteiger partial charge is 0.396 e. The fraction of sp³-hybridized carbons (Fsp3) is 0.698. The number of rotatable bonds is 23. The smallest absolute Gasteiger partial charge is 0.226 e. The molecule has 2 aliphatic heterocycles. The molecule has 0 aliphatic carbocycles. The van der Waals surface area contributed by atoms with Crippen molar-refractivity contribution in [1.82, 2.24) is 9.80 Å². The lowest BCUT2D eigenvalue weighted by molar-refractivity contribution is -0.141. The predicted octanol–water partition coefficient (Wildman–Crippen LogP) is 5.94. The van der Waals surface area contributed by atoms with Gasteiger partial charge in [0.2, 0.25) is 5.91 Å². The molecular formula is C43H67N3O7S. The summed E-state index contributed by atoms with van der Waals surface area (Å²) in [7, 11) is 7.09. The van der Waals surface area contributed by atoms with Gasteiger partial charge < -0.3 is 19.5 Å². The first-order chi connectivity index (χ1) is 25.6. The van der Waals surface area contributed by atoms with Crippen molar-refractivity contribution in [2.24, 2.45) is 40.5 Å². The number of aliphatic imine (C=N–C) groups is 1. The van der Waals surface area contributed by atoms with E-state index in [1.807, 2.05) is 71.0 Å². The topological polar surface area (TPSA) is 126 Å². The zero-order valence-corrected chi connectivity index (χ0v) is 35.2. The van der Waals surface area contributed by atoms with E-state index in [4.69, 9.17) is 14.5 Å². The van der Waals surface area contributed by atoms with Crippen LogP contribution in [-0.4, -0.2) is 121 Å². The number of hydrogen-bond donors (Lipinski definition) is 1. The van der Waals surface area contributed by atoms with Gasteiger partial charge in [0.25, 0.3) is 0 Å². The predicted molar refractivity (Wildman–Crippen MR) is 218 cm³/mol. The number of likely N-dealkylation sites (N-methyl/N-ethyl adjacent to an activating group) is 2. The van der Waals surface area contributed by atoms with Crippen molar-refractivity contribution < 1.29 is 33.8 Å². The number of thioether (sulfide) groups is 1. The zero-order chi connectivity index (χ0) is 40.1. The van der Waals surface area contributed by atoms with Crippen LogP contribution in [0.3, 0.4) is 0 Å². The van der Waals surface area contributed by atoms with Gasteiger partial charge in [-0.25, -0.2) is 0 Å². The van der Waals surface area contributed by atoms with Crippen molar-refractivity contribution in [3.63, 3.8) is 0 Å². The number of methoxy groups -OCH3 is 1. The molecule has 1 amide bonds. The van der Waals surface area contributed by atoms with Gasteiger partial charge in [0.05, 0.1) is 35.9 Å². The molecule has 0 radical (unpaired) electrons. The number of benzene rings is 1. The summed E-state index contributed by atoms with van der Waals surface area (Å²) >= 11 is 1.70. The molecule has 1 N–H and O–H groups in total. The van der Waals surface area contributed by atoms with Gasteiger partial charge in [-0.2, -0.15) is 0 Å². The Kier molecular flexibility index (Phi) is 18.7. The van der Waals surface area contributed by atoms with Gasteiger partial charge in [0, 0.05) is 63.5 Å². The number of ether oxygens (including phenoxy) is 2. The molecule has 0 bridgehead atoms. The van der Waals surface area contributed by atoms with Gasteiger partial charge in [-0.3, -0.25) is 29.1 Å². The molecule has 1 aromatic carbocycles. The van der Waals surface area contributed by atoms with E-state index < -0.39 is 30.1 Å². The van der Waals surface area contributed by atoms with Crippen molar-refractivity contribution in [2.45, 2.75) is 110 Å². The van der Waals surface area contributed by atoms with E-state index in [0.717, 1.165) is 29.3 Å². The standard InChI is InChI=1S/C43H67N3O7S/c1-11-29(6)35(46(9)43(51)33(27(2)3)25-36(49)39(28(4)5)45(7)8)19-17-32(48)18-20-38-34(26-47)40(52-10)41(53-38)37(50)24-31(42-44-21-22-54-42)23-30-15-13-12-14-16-30/h12-17,19,27-29,31,33-35,38-41,47H,11,18,20-26H2,1-10H3/b19-17+/t29-,31+,33-,34+,35?,38?,39-,40-,41-/m0/s1. The van der Waals surface area contributed by atoms with Crippen molar-refractivity contribution in [1.29, 1.82) is 0 Å². The van der Waals surface area contributed by atoms with Gasteiger partial charge in [-0.1, -0.05) is 84.4 Å².